The SMILES string of the molecule is C[C@@H](C(=O)N1CCOC1=O)[C@H](O)c1ccccc1. The summed E-state index contributed by atoms with van der Waals surface area (Å²) in [6.45, 7) is 2.08. The highest BCUT2D eigenvalue weighted by molar-refractivity contribution is 5.94. The number of amides is 2. The number of rotatable bonds is 3. The monoisotopic (exact) mass is 249 g/mol. The molecular weight excluding hydrogens is 234 g/mol. The highest BCUT2D eigenvalue weighted by atomic mass is 16.6. The van der Waals surface area contributed by atoms with Crippen LogP contribution in [0.1, 0.15) is 18.6 Å². The summed E-state index contributed by atoms with van der Waals surface area (Å²) in [5.41, 5.74) is 0.658. The number of carbonyl (C=O) groups excluding carboxylic acids is 2. The molecule has 0 aliphatic carbocycles. The van der Waals surface area contributed by atoms with Crippen molar-refractivity contribution in [2.24, 2.45) is 5.92 Å². The van der Waals surface area contributed by atoms with E-state index >= 15 is 0 Å². The zero-order valence-electron chi connectivity index (χ0n) is 10.1. The minimum Gasteiger partial charge on any atom is -0.447 e. The quantitative estimate of drug-likeness (QED) is 0.877. The molecule has 0 unspecified atom stereocenters. The number of aliphatic hydroxyl groups excluding tert-OH is 1. The summed E-state index contributed by atoms with van der Waals surface area (Å²) in [7, 11) is 0. The maximum absolute atomic E-state index is 12.0. The molecule has 1 aliphatic rings. The van der Waals surface area contributed by atoms with Crippen LogP contribution in [0.5, 0.6) is 0 Å². The number of nitrogens with zero attached hydrogens (tertiary/aromatic N) is 1. The largest absolute Gasteiger partial charge is 0.447 e. The molecule has 1 fully saturated rings. The van der Waals surface area contributed by atoms with Crippen molar-refractivity contribution < 1.29 is 19.4 Å². The number of benzene rings is 1. The molecule has 2 amide bonds. The number of imide groups is 1. The van der Waals surface area contributed by atoms with E-state index in [1.807, 2.05) is 6.07 Å². The van der Waals surface area contributed by atoms with E-state index in [-0.39, 0.29) is 13.2 Å². The molecule has 1 heterocycles. The molecule has 0 spiro atoms. The lowest BCUT2D eigenvalue weighted by Crippen LogP contribution is -2.38. The summed E-state index contributed by atoms with van der Waals surface area (Å²) in [5.74, 6) is -1.09. The molecule has 1 N–H and O–H groups in total. The van der Waals surface area contributed by atoms with Crippen molar-refractivity contribution in [3.05, 3.63) is 35.9 Å². The fourth-order valence-electron chi connectivity index (χ4n) is 1.91. The van der Waals surface area contributed by atoms with E-state index in [1.165, 1.54) is 0 Å². The zero-order valence-corrected chi connectivity index (χ0v) is 10.1. The van der Waals surface area contributed by atoms with Gasteiger partial charge in [0.2, 0.25) is 5.91 Å². The van der Waals surface area contributed by atoms with Gasteiger partial charge >= 0.3 is 6.09 Å². The molecule has 1 aromatic rings. The molecular formula is C13H15NO4. The Hall–Kier alpha value is -1.88. The van der Waals surface area contributed by atoms with Crippen LogP contribution in [0.4, 0.5) is 4.79 Å². The standard InChI is InChI=1S/C13H15NO4/c1-9(11(15)10-5-3-2-4-6-10)12(16)14-7-8-18-13(14)17/h2-6,9,11,15H,7-8H2,1H3/t9-,11+/m1/s1. The molecule has 5 nitrogen and oxygen atoms in total. The number of hydrogen-bond donors (Lipinski definition) is 1. The van der Waals surface area contributed by atoms with Gasteiger partial charge in [-0.2, -0.15) is 0 Å². The molecule has 96 valence electrons. The second-order valence-electron chi connectivity index (χ2n) is 4.25. The van der Waals surface area contributed by atoms with Crippen LogP contribution in [-0.4, -0.2) is 35.2 Å². The van der Waals surface area contributed by atoms with Crippen LogP contribution >= 0.6 is 0 Å². The summed E-state index contributed by atoms with van der Waals surface area (Å²) in [6.07, 6.45) is -1.56. The lowest BCUT2D eigenvalue weighted by Gasteiger charge is -2.21. The molecule has 0 radical (unpaired) electrons. The fraction of sp³-hybridized carbons (Fsp3) is 0.385. The number of aliphatic hydroxyl groups is 1. The van der Waals surface area contributed by atoms with Gasteiger partial charge in [-0.3, -0.25) is 4.79 Å². The number of carbonyl (C=O) groups is 2. The Kier molecular flexibility index (Phi) is 3.62. The lowest BCUT2D eigenvalue weighted by molar-refractivity contribution is -0.135. The molecule has 2 rings (SSSR count). The highest BCUT2D eigenvalue weighted by Gasteiger charge is 2.34. The second kappa shape index (κ2) is 5.18. The Bertz CT molecular complexity index is 446. The summed E-state index contributed by atoms with van der Waals surface area (Å²) in [5, 5.41) is 10.1. The first-order valence-corrected chi connectivity index (χ1v) is 5.82. The maximum Gasteiger partial charge on any atom is 0.416 e. The predicted octanol–water partition coefficient (Wildman–Crippen LogP) is 1.33. The Balaban J connectivity index is 2.09. The molecule has 0 aromatic heterocycles. The van der Waals surface area contributed by atoms with E-state index in [0.717, 1.165) is 4.90 Å². The van der Waals surface area contributed by atoms with E-state index in [0.29, 0.717) is 5.56 Å². The highest BCUT2D eigenvalue weighted by Crippen LogP contribution is 2.24. The van der Waals surface area contributed by atoms with Crippen molar-refractivity contribution in [3.63, 3.8) is 0 Å². The summed E-state index contributed by atoms with van der Waals surface area (Å²) < 4.78 is 4.71. The number of cyclic esters (lactones) is 1. The van der Waals surface area contributed by atoms with Crippen LogP contribution in [0.15, 0.2) is 30.3 Å². The van der Waals surface area contributed by atoms with Crippen molar-refractivity contribution >= 4 is 12.0 Å². The molecule has 1 aliphatic heterocycles. The second-order valence-corrected chi connectivity index (χ2v) is 4.25. The van der Waals surface area contributed by atoms with Crippen LogP contribution in [0.3, 0.4) is 0 Å². The van der Waals surface area contributed by atoms with Crippen molar-refractivity contribution in [1.82, 2.24) is 4.90 Å². The first kappa shape index (κ1) is 12.6. The van der Waals surface area contributed by atoms with Gasteiger partial charge in [0.1, 0.15) is 6.61 Å². The molecule has 18 heavy (non-hydrogen) atoms. The van der Waals surface area contributed by atoms with E-state index in [2.05, 4.69) is 0 Å². The van der Waals surface area contributed by atoms with Gasteiger partial charge in [-0.25, -0.2) is 9.69 Å². The van der Waals surface area contributed by atoms with E-state index in [4.69, 9.17) is 4.74 Å². The van der Waals surface area contributed by atoms with Gasteiger partial charge in [-0.1, -0.05) is 37.3 Å². The zero-order chi connectivity index (χ0) is 13.1. The van der Waals surface area contributed by atoms with Gasteiger partial charge in [0.15, 0.2) is 0 Å². The Morgan fingerprint density at radius 2 is 2.06 bits per heavy atom. The molecule has 2 atom stereocenters. The first-order chi connectivity index (χ1) is 8.61. The van der Waals surface area contributed by atoms with Gasteiger partial charge in [0.25, 0.3) is 0 Å². The Labute approximate surface area is 105 Å². The third-order valence-corrected chi connectivity index (χ3v) is 3.03. The van der Waals surface area contributed by atoms with Crippen LogP contribution in [0, 0.1) is 5.92 Å². The Morgan fingerprint density at radius 3 is 2.61 bits per heavy atom. The average Bonchev–Trinajstić information content (AvgIpc) is 2.83. The topological polar surface area (TPSA) is 66.8 Å². The van der Waals surface area contributed by atoms with Crippen molar-refractivity contribution in [3.8, 4) is 0 Å². The van der Waals surface area contributed by atoms with E-state index < -0.39 is 24.0 Å². The number of hydrogen-bond acceptors (Lipinski definition) is 4. The van der Waals surface area contributed by atoms with Gasteiger partial charge in [0, 0.05) is 0 Å². The fourth-order valence-corrected chi connectivity index (χ4v) is 1.91. The molecule has 1 aromatic carbocycles. The molecule has 1 saturated heterocycles. The minimum atomic E-state index is -0.924. The normalized spacial score (nSPS) is 18.3. The summed E-state index contributed by atoms with van der Waals surface area (Å²) >= 11 is 0. The third-order valence-electron chi connectivity index (χ3n) is 3.03. The van der Waals surface area contributed by atoms with Crippen molar-refractivity contribution in [1.29, 1.82) is 0 Å². The van der Waals surface area contributed by atoms with Crippen molar-refractivity contribution in [2.75, 3.05) is 13.2 Å². The Morgan fingerprint density at radius 1 is 1.39 bits per heavy atom. The summed E-state index contributed by atoms with van der Waals surface area (Å²) in [6, 6.07) is 8.91. The van der Waals surface area contributed by atoms with Gasteiger partial charge in [-0.15, -0.1) is 0 Å². The first-order valence-electron chi connectivity index (χ1n) is 5.82. The maximum atomic E-state index is 12.0. The van der Waals surface area contributed by atoms with E-state index in [9.17, 15) is 14.7 Å². The average molecular weight is 249 g/mol. The van der Waals surface area contributed by atoms with Gasteiger partial charge in [0.05, 0.1) is 18.6 Å². The van der Waals surface area contributed by atoms with Gasteiger partial charge < -0.3 is 9.84 Å². The molecule has 5 heteroatoms. The van der Waals surface area contributed by atoms with Gasteiger partial charge in [-0.05, 0) is 5.56 Å². The van der Waals surface area contributed by atoms with Crippen LogP contribution in [0.25, 0.3) is 0 Å². The number of ether oxygens (including phenoxy) is 1. The van der Waals surface area contributed by atoms with Crippen LogP contribution < -0.4 is 0 Å². The predicted molar refractivity (Wildman–Crippen MR) is 63.6 cm³/mol. The lowest BCUT2D eigenvalue weighted by atomic mass is 9.96. The smallest absolute Gasteiger partial charge is 0.416 e. The van der Waals surface area contributed by atoms with Crippen LogP contribution in [-0.2, 0) is 9.53 Å². The molecule has 0 saturated carbocycles. The minimum absolute atomic E-state index is 0.221. The van der Waals surface area contributed by atoms with Crippen LogP contribution in [0.2, 0.25) is 0 Å². The molecule has 0 bridgehead atoms. The third kappa shape index (κ3) is 2.36. The van der Waals surface area contributed by atoms with E-state index in [1.54, 1.807) is 31.2 Å². The summed E-state index contributed by atoms with van der Waals surface area (Å²) in [4.78, 5) is 24.4. The van der Waals surface area contributed by atoms with Crippen molar-refractivity contribution in [2.45, 2.75) is 13.0 Å².